The van der Waals surface area contributed by atoms with Crippen LogP contribution in [0.25, 0.3) is 0 Å². The van der Waals surface area contributed by atoms with Crippen LogP contribution in [0, 0.1) is 23.7 Å². The molecule has 2 aliphatic rings. The number of aliphatic hydroxyl groups excluding tert-OH is 1. The maximum atomic E-state index is 9.28. The minimum absolute atomic E-state index is 0.0242. The molecule has 0 bridgehead atoms. The van der Waals surface area contributed by atoms with Gasteiger partial charge in [-0.15, -0.1) is 0 Å². The highest BCUT2D eigenvalue weighted by atomic mass is 16.5. The molecule has 0 spiro atoms. The number of hydrogen-bond donors (Lipinski definition) is 2. The SMILES string of the molecule is COC1CCC2CC([C@H](C)C(O)O)CCC2C1. The van der Waals surface area contributed by atoms with E-state index in [9.17, 15) is 10.2 Å². The summed E-state index contributed by atoms with van der Waals surface area (Å²) < 4.78 is 5.47. The van der Waals surface area contributed by atoms with Gasteiger partial charge in [-0.05, 0) is 56.3 Å². The van der Waals surface area contributed by atoms with Crippen molar-refractivity contribution in [3.05, 3.63) is 0 Å². The van der Waals surface area contributed by atoms with Crippen molar-refractivity contribution >= 4 is 0 Å². The zero-order chi connectivity index (χ0) is 12.4. The van der Waals surface area contributed by atoms with Crippen LogP contribution in [0.1, 0.15) is 45.4 Å². The van der Waals surface area contributed by atoms with Crippen LogP contribution in [0.5, 0.6) is 0 Å². The molecule has 3 heteroatoms. The standard InChI is InChI=1S/C14H26O3/c1-9(14(15)16)10-3-4-12-8-13(17-2)6-5-11(12)7-10/h9-16H,3-8H2,1-2H3/t9-,10?,11?,12?,13?/m0/s1. The summed E-state index contributed by atoms with van der Waals surface area (Å²) in [6.45, 7) is 1.97. The molecule has 2 N–H and O–H groups in total. The first-order valence-corrected chi connectivity index (χ1v) is 7.00. The van der Waals surface area contributed by atoms with Gasteiger partial charge in [-0.25, -0.2) is 0 Å². The average Bonchev–Trinajstić information content (AvgIpc) is 2.36. The lowest BCUT2D eigenvalue weighted by atomic mass is 9.64. The van der Waals surface area contributed by atoms with Crippen LogP contribution in [-0.2, 0) is 4.74 Å². The summed E-state index contributed by atoms with van der Waals surface area (Å²) in [5, 5.41) is 18.6. The highest BCUT2D eigenvalue weighted by molar-refractivity contribution is 4.88. The Morgan fingerprint density at radius 1 is 1.00 bits per heavy atom. The van der Waals surface area contributed by atoms with E-state index in [0.717, 1.165) is 18.3 Å². The normalized spacial score (nSPS) is 40.1. The first kappa shape index (κ1) is 13.3. The molecule has 2 fully saturated rings. The molecule has 3 nitrogen and oxygen atoms in total. The highest BCUT2D eigenvalue weighted by Crippen LogP contribution is 2.45. The Morgan fingerprint density at radius 2 is 1.65 bits per heavy atom. The van der Waals surface area contributed by atoms with Crippen molar-refractivity contribution in [3.8, 4) is 0 Å². The molecular weight excluding hydrogens is 216 g/mol. The molecule has 2 rings (SSSR count). The minimum Gasteiger partial charge on any atom is -0.381 e. The Bertz CT molecular complexity index is 242. The highest BCUT2D eigenvalue weighted by Gasteiger charge is 2.38. The molecule has 0 radical (unpaired) electrons. The van der Waals surface area contributed by atoms with E-state index < -0.39 is 6.29 Å². The largest absolute Gasteiger partial charge is 0.381 e. The Morgan fingerprint density at radius 3 is 2.29 bits per heavy atom. The summed E-state index contributed by atoms with van der Waals surface area (Å²) in [6.07, 6.45) is 6.54. The molecule has 2 saturated carbocycles. The van der Waals surface area contributed by atoms with Gasteiger partial charge >= 0.3 is 0 Å². The van der Waals surface area contributed by atoms with E-state index in [1.807, 2.05) is 14.0 Å². The van der Waals surface area contributed by atoms with Crippen LogP contribution in [0.15, 0.2) is 0 Å². The van der Waals surface area contributed by atoms with Gasteiger partial charge in [0.2, 0.25) is 0 Å². The molecule has 4 unspecified atom stereocenters. The van der Waals surface area contributed by atoms with Gasteiger partial charge in [-0.1, -0.05) is 6.92 Å². The van der Waals surface area contributed by atoms with Crippen molar-refractivity contribution in [2.24, 2.45) is 23.7 Å². The van der Waals surface area contributed by atoms with Crippen LogP contribution in [0.3, 0.4) is 0 Å². The molecule has 100 valence electrons. The number of aliphatic hydroxyl groups is 2. The molecule has 0 heterocycles. The quantitative estimate of drug-likeness (QED) is 0.746. The predicted molar refractivity (Wildman–Crippen MR) is 66.4 cm³/mol. The lowest BCUT2D eigenvalue weighted by Crippen LogP contribution is -2.37. The third-order valence-corrected chi connectivity index (χ3v) is 5.15. The van der Waals surface area contributed by atoms with Crippen molar-refractivity contribution in [3.63, 3.8) is 0 Å². The zero-order valence-electron chi connectivity index (χ0n) is 11.0. The van der Waals surface area contributed by atoms with Gasteiger partial charge < -0.3 is 14.9 Å². The number of ether oxygens (including phenoxy) is 1. The summed E-state index contributed by atoms with van der Waals surface area (Å²) in [7, 11) is 1.82. The van der Waals surface area contributed by atoms with Gasteiger partial charge in [0.05, 0.1) is 6.10 Å². The first-order valence-electron chi connectivity index (χ1n) is 7.00. The molecule has 0 aliphatic heterocycles. The summed E-state index contributed by atoms with van der Waals surface area (Å²) >= 11 is 0. The van der Waals surface area contributed by atoms with E-state index in [1.54, 1.807) is 0 Å². The van der Waals surface area contributed by atoms with Crippen LogP contribution >= 0.6 is 0 Å². The average molecular weight is 242 g/mol. The zero-order valence-corrected chi connectivity index (χ0v) is 11.0. The third kappa shape index (κ3) is 3.01. The smallest absolute Gasteiger partial charge is 0.154 e. The van der Waals surface area contributed by atoms with E-state index >= 15 is 0 Å². The van der Waals surface area contributed by atoms with Crippen molar-refractivity contribution < 1.29 is 14.9 Å². The third-order valence-electron chi connectivity index (χ3n) is 5.15. The second-order valence-electron chi connectivity index (χ2n) is 6.04. The lowest BCUT2D eigenvalue weighted by molar-refractivity contribution is -0.106. The Labute approximate surface area is 104 Å². The fourth-order valence-corrected chi connectivity index (χ4v) is 3.82. The van der Waals surface area contributed by atoms with Gasteiger partial charge in [0.15, 0.2) is 6.29 Å². The van der Waals surface area contributed by atoms with Crippen molar-refractivity contribution in [1.29, 1.82) is 0 Å². The molecule has 2 aliphatic carbocycles. The maximum Gasteiger partial charge on any atom is 0.154 e. The first-order chi connectivity index (χ1) is 8.11. The molecule has 17 heavy (non-hydrogen) atoms. The Kier molecular flexibility index (Phi) is 4.45. The van der Waals surface area contributed by atoms with Crippen molar-refractivity contribution in [2.75, 3.05) is 7.11 Å². The number of fused-ring (bicyclic) bond motifs is 1. The van der Waals surface area contributed by atoms with E-state index in [4.69, 9.17) is 4.74 Å². The van der Waals surface area contributed by atoms with Crippen LogP contribution < -0.4 is 0 Å². The second kappa shape index (κ2) is 5.68. The Hall–Kier alpha value is -0.120. The Balaban J connectivity index is 1.89. The predicted octanol–water partition coefficient (Wildman–Crippen LogP) is 2.16. The summed E-state index contributed by atoms with van der Waals surface area (Å²) in [6, 6.07) is 0. The van der Waals surface area contributed by atoms with Gasteiger partial charge in [0.25, 0.3) is 0 Å². The second-order valence-corrected chi connectivity index (χ2v) is 6.04. The lowest BCUT2D eigenvalue weighted by Gasteiger charge is -2.43. The van der Waals surface area contributed by atoms with Crippen molar-refractivity contribution in [2.45, 2.75) is 57.8 Å². The molecule has 0 aromatic rings. The topological polar surface area (TPSA) is 49.7 Å². The van der Waals surface area contributed by atoms with Crippen LogP contribution in [0.2, 0.25) is 0 Å². The molecule has 0 amide bonds. The fourth-order valence-electron chi connectivity index (χ4n) is 3.82. The molecule has 0 aromatic carbocycles. The minimum atomic E-state index is -1.15. The maximum absolute atomic E-state index is 9.28. The van der Waals surface area contributed by atoms with Gasteiger partial charge in [0.1, 0.15) is 0 Å². The number of methoxy groups -OCH3 is 1. The fraction of sp³-hybridized carbons (Fsp3) is 1.00. The number of hydrogen-bond acceptors (Lipinski definition) is 3. The monoisotopic (exact) mass is 242 g/mol. The molecule has 0 aromatic heterocycles. The summed E-state index contributed by atoms with van der Waals surface area (Å²) in [5.74, 6) is 2.13. The van der Waals surface area contributed by atoms with Gasteiger partial charge in [-0.2, -0.15) is 0 Å². The van der Waals surface area contributed by atoms with Gasteiger partial charge in [0, 0.05) is 13.0 Å². The number of rotatable bonds is 3. The summed E-state index contributed by atoms with van der Waals surface area (Å²) in [5.41, 5.74) is 0. The van der Waals surface area contributed by atoms with Crippen LogP contribution in [0.4, 0.5) is 0 Å². The van der Waals surface area contributed by atoms with Crippen LogP contribution in [-0.4, -0.2) is 29.7 Å². The van der Waals surface area contributed by atoms with E-state index in [1.165, 1.54) is 32.1 Å². The van der Waals surface area contributed by atoms with E-state index in [0.29, 0.717) is 12.0 Å². The van der Waals surface area contributed by atoms with E-state index in [2.05, 4.69) is 0 Å². The summed E-state index contributed by atoms with van der Waals surface area (Å²) in [4.78, 5) is 0. The molecule has 5 atom stereocenters. The van der Waals surface area contributed by atoms with E-state index in [-0.39, 0.29) is 5.92 Å². The van der Waals surface area contributed by atoms with Gasteiger partial charge in [-0.3, -0.25) is 0 Å². The van der Waals surface area contributed by atoms with Crippen molar-refractivity contribution in [1.82, 2.24) is 0 Å². The molecule has 0 saturated heterocycles. The molecular formula is C14H26O3.